The van der Waals surface area contributed by atoms with Crippen molar-refractivity contribution in [3.63, 3.8) is 0 Å². The third kappa shape index (κ3) is 5.67. The standard InChI is InChI=1S/C15H32N4O/c1-5-16-15(20)19-10-8-14(9-11-19)17-13(4)12-18(6-2)7-3/h13-14,17H,5-12H2,1-4H3,(H,16,20)/t13-/m0/s1. The van der Waals surface area contributed by atoms with Crippen molar-refractivity contribution in [2.24, 2.45) is 0 Å². The molecular formula is C15H32N4O. The minimum absolute atomic E-state index is 0.0853. The van der Waals surface area contributed by atoms with Gasteiger partial charge in [0.05, 0.1) is 0 Å². The second-order valence-electron chi connectivity index (χ2n) is 5.65. The maximum Gasteiger partial charge on any atom is 0.317 e. The van der Waals surface area contributed by atoms with Crippen molar-refractivity contribution in [3.05, 3.63) is 0 Å². The number of urea groups is 1. The summed E-state index contributed by atoms with van der Waals surface area (Å²) in [5.41, 5.74) is 0. The molecular weight excluding hydrogens is 252 g/mol. The first-order chi connectivity index (χ1) is 9.60. The molecule has 0 aromatic carbocycles. The Morgan fingerprint density at radius 2 is 1.85 bits per heavy atom. The minimum Gasteiger partial charge on any atom is -0.338 e. The molecule has 118 valence electrons. The summed E-state index contributed by atoms with van der Waals surface area (Å²) in [7, 11) is 0. The second kappa shape index (κ2) is 9.19. The van der Waals surface area contributed by atoms with E-state index in [1.165, 1.54) is 0 Å². The SMILES string of the molecule is CCNC(=O)N1CCC(N[C@@H](C)CN(CC)CC)CC1. The van der Waals surface area contributed by atoms with Gasteiger partial charge >= 0.3 is 6.03 Å². The van der Waals surface area contributed by atoms with Gasteiger partial charge in [-0.1, -0.05) is 13.8 Å². The highest BCUT2D eigenvalue weighted by Crippen LogP contribution is 2.11. The largest absolute Gasteiger partial charge is 0.338 e. The van der Waals surface area contributed by atoms with Crippen molar-refractivity contribution >= 4 is 6.03 Å². The van der Waals surface area contributed by atoms with Crippen LogP contribution < -0.4 is 10.6 Å². The molecule has 0 spiro atoms. The van der Waals surface area contributed by atoms with Gasteiger partial charge in [0.15, 0.2) is 0 Å². The molecule has 0 radical (unpaired) electrons. The predicted molar refractivity (Wildman–Crippen MR) is 84.1 cm³/mol. The Labute approximate surface area is 124 Å². The summed E-state index contributed by atoms with van der Waals surface area (Å²) in [6.45, 7) is 14.4. The highest BCUT2D eigenvalue weighted by Gasteiger charge is 2.23. The van der Waals surface area contributed by atoms with E-state index in [-0.39, 0.29) is 6.03 Å². The monoisotopic (exact) mass is 284 g/mol. The van der Waals surface area contributed by atoms with Crippen LogP contribution in [-0.4, -0.2) is 67.2 Å². The fraction of sp³-hybridized carbons (Fsp3) is 0.933. The Bertz CT molecular complexity index is 273. The first-order valence-corrected chi connectivity index (χ1v) is 8.11. The van der Waals surface area contributed by atoms with Crippen LogP contribution in [0.1, 0.15) is 40.5 Å². The van der Waals surface area contributed by atoms with Crippen LogP contribution in [-0.2, 0) is 0 Å². The van der Waals surface area contributed by atoms with Gasteiger partial charge in [0, 0.05) is 38.3 Å². The van der Waals surface area contributed by atoms with Gasteiger partial charge in [0.1, 0.15) is 0 Å². The maximum atomic E-state index is 11.7. The molecule has 2 N–H and O–H groups in total. The summed E-state index contributed by atoms with van der Waals surface area (Å²) < 4.78 is 0. The van der Waals surface area contributed by atoms with Gasteiger partial charge in [-0.05, 0) is 39.8 Å². The third-order valence-electron chi connectivity index (χ3n) is 4.06. The Morgan fingerprint density at radius 3 is 2.35 bits per heavy atom. The molecule has 1 rings (SSSR count). The molecule has 0 aromatic rings. The molecule has 5 heteroatoms. The Morgan fingerprint density at radius 1 is 1.25 bits per heavy atom. The zero-order chi connectivity index (χ0) is 15.0. The number of likely N-dealkylation sites (tertiary alicyclic amines) is 1. The number of piperidine rings is 1. The number of carbonyl (C=O) groups is 1. The van der Waals surface area contributed by atoms with Gasteiger partial charge in [-0.15, -0.1) is 0 Å². The topological polar surface area (TPSA) is 47.6 Å². The average molecular weight is 284 g/mol. The van der Waals surface area contributed by atoms with Crippen molar-refractivity contribution in [1.82, 2.24) is 20.4 Å². The van der Waals surface area contributed by atoms with Crippen LogP contribution in [0.2, 0.25) is 0 Å². The van der Waals surface area contributed by atoms with Crippen molar-refractivity contribution in [3.8, 4) is 0 Å². The fourth-order valence-electron chi connectivity index (χ4n) is 2.84. The van der Waals surface area contributed by atoms with E-state index in [0.717, 1.165) is 45.6 Å². The zero-order valence-electron chi connectivity index (χ0n) is 13.6. The van der Waals surface area contributed by atoms with Gasteiger partial charge in [-0.3, -0.25) is 0 Å². The smallest absolute Gasteiger partial charge is 0.317 e. The van der Waals surface area contributed by atoms with Gasteiger partial charge in [-0.2, -0.15) is 0 Å². The van der Waals surface area contributed by atoms with E-state index in [1.54, 1.807) is 0 Å². The van der Waals surface area contributed by atoms with Crippen LogP contribution >= 0.6 is 0 Å². The first kappa shape index (κ1) is 17.2. The van der Waals surface area contributed by atoms with E-state index in [1.807, 2.05) is 11.8 Å². The number of carbonyl (C=O) groups excluding carboxylic acids is 1. The number of rotatable bonds is 7. The van der Waals surface area contributed by atoms with Crippen LogP contribution in [0.4, 0.5) is 4.79 Å². The number of nitrogens with zero attached hydrogens (tertiary/aromatic N) is 2. The lowest BCUT2D eigenvalue weighted by atomic mass is 10.0. The lowest BCUT2D eigenvalue weighted by Gasteiger charge is -2.34. The quantitative estimate of drug-likeness (QED) is 0.745. The summed E-state index contributed by atoms with van der Waals surface area (Å²) >= 11 is 0. The molecule has 0 saturated carbocycles. The molecule has 0 aromatic heterocycles. The van der Waals surface area contributed by atoms with E-state index in [4.69, 9.17) is 0 Å². The summed E-state index contributed by atoms with van der Waals surface area (Å²) in [5.74, 6) is 0. The van der Waals surface area contributed by atoms with Crippen LogP contribution in [0.15, 0.2) is 0 Å². The van der Waals surface area contributed by atoms with E-state index < -0.39 is 0 Å². The van der Waals surface area contributed by atoms with Crippen LogP contribution in [0.25, 0.3) is 0 Å². The van der Waals surface area contributed by atoms with Crippen molar-refractivity contribution in [2.45, 2.75) is 52.6 Å². The molecule has 5 nitrogen and oxygen atoms in total. The number of hydrogen-bond acceptors (Lipinski definition) is 3. The number of likely N-dealkylation sites (N-methyl/N-ethyl adjacent to an activating group) is 1. The van der Waals surface area contributed by atoms with Crippen LogP contribution in [0, 0.1) is 0 Å². The molecule has 0 unspecified atom stereocenters. The minimum atomic E-state index is 0.0853. The number of nitrogens with one attached hydrogen (secondary N) is 2. The van der Waals surface area contributed by atoms with E-state index >= 15 is 0 Å². The third-order valence-corrected chi connectivity index (χ3v) is 4.06. The summed E-state index contributed by atoms with van der Waals surface area (Å²) in [5, 5.41) is 6.58. The molecule has 1 heterocycles. The molecule has 1 aliphatic rings. The Hall–Kier alpha value is -0.810. The van der Waals surface area contributed by atoms with E-state index in [9.17, 15) is 4.79 Å². The molecule has 1 atom stereocenters. The molecule has 20 heavy (non-hydrogen) atoms. The highest BCUT2D eigenvalue weighted by atomic mass is 16.2. The van der Waals surface area contributed by atoms with Crippen molar-refractivity contribution in [1.29, 1.82) is 0 Å². The first-order valence-electron chi connectivity index (χ1n) is 8.11. The molecule has 2 amide bonds. The van der Waals surface area contributed by atoms with E-state index in [2.05, 4.69) is 36.3 Å². The molecule has 0 aliphatic carbocycles. The highest BCUT2D eigenvalue weighted by molar-refractivity contribution is 5.74. The van der Waals surface area contributed by atoms with Crippen LogP contribution in [0.3, 0.4) is 0 Å². The number of amides is 2. The lowest BCUT2D eigenvalue weighted by Crippen LogP contribution is -2.51. The Kier molecular flexibility index (Phi) is 7.92. The van der Waals surface area contributed by atoms with E-state index in [0.29, 0.717) is 18.6 Å². The van der Waals surface area contributed by atoms with Gasteiger partial charge in [0.25, 0.3) is 0 Å². The summed E-state index contributed by atoms with van der Waals surface area (Å²) in [6.07, 6.45) is 2.11. The molecule has 0 bridgehead atoms. The van der Waals surface area contributed by atoms with Crippen molar-refractivity contribution < 1.29 is 4.79 Å². The maximum absolute atomic E-state index is 11.7. The summed E-state index contributed by atoms with van der Waals surface area (Å²) in [6, 6.07) is 1.14. The Balaban J connectivity index is 2.26. The number of hydrogen-bond donors (Lipinski definition) is 2. The van der Waals surface area contributed by atoms with Gasteiger partial charge < -0.3 is 20.4 Å². The fourth-order valence-corrected chi connectivity index (χ4v) is 2.84. The van der Waals surface area contributed by atoms with Gasteiger partial charge in [0.2, 0.25) is 0 Å². The second-order valence-corrected chi connectivity index (χ2v) is 5.65. The predicted octanol–water partition coefficient (Wildman–Crippen LogP) is 1.50. The molecule has 1 aliphatic heterocycles. The molecule has 1 fully saturated rings. The average Bonchev–Trinajstić information content (AvgIpc) is 2.45. The zero-order valence-corrected chi connectivity index (χ0v) is 13.6. The lowest BCUT2D eigenvalue weighted by molar-refractivity contribution is 0.171. The van der Waals surface area contributed by atoms with Crippen LogP contribution in [0.5, 0.6) is 0 Å². The summed E-state index contributed by atoms with van der Waals surface area (Å²) in [4.78, 5) is 16.1. The van der Waals surface area contributed by atoms with Crippen molar-refractivity contribution in [2.75, 3.05) is 39.3 Å². The van der Waals surface area contributed by atoms with Gasteiger partial charge in [-0.25, -0.2) is 4.79 Å². The normalized spacial score (nSPS) is 18.4. The molecule has 1 saturated heterocycles.